The van der Waals surface area contributed by atoms with Gasteiger partial charge in [-0.3, -0.25) is 9.48 Å². The van der Waals surface area contributed by atoms with Gasteiger partial charge in [-0.2, -0.15) is 11.8 Å². The lowest BCUT2D eigenvalue weighted by atomic mass is 10.0. The smallest absolute Gasteiger partial charge is 0.252 e. The van der Waals surface area contributed by atoms with E-state index in [9.17, 15) is 4.79 Å². The van der Waals surface area contributed by atoms with Crippen molar-refractivity contribution < 1.29 is 4.79 Å². The van der Waals surface area contributed by atoms with Crippen LogP contribution in [0.3, 0.4) is 0 Å². The fourth-order valence-corrected chi connectivity index (χ4v) is 5.76. The lowest BCUT2D eigenvalue weighted by Crippen LogP contribution is -2.41. The van der Waals surface area contributed by atoms with E-state index in [2.05, 4.69) is 93.4 Å². The van der Waals surface area contributed by atoms with Gasteiger partial charge in [0.2, 0.25) is 0 Å². The molecular formula is C29H40Br2N4OS. The van der Waals surface area contributed by atoms with Crippen molar-refractivity contribution in [2.75, 3.05) is 11.5 Å². The quantitative estimate of drug-likeness (QED) is 0.164. The minimum absolute atomic E-state index is 0.159. The van der Waals surface area contributed by atoms with Crippen molar-refractivity contribution >= 4 is 49.5 Å². The molecule has 2 rings (SSSR count). The first-order valence-corrected chi connectivity index (χ1v) is 15.4. The number of allylic oxidation sites excluding steroid dienone is 5. The molecule has 1 aromatic carbocycles. The molecule has 0 spiro atoms. The first-order valence-electron chi connectivity index (χ1n) is 12.7. The summed E-state index contributed by atoms with van der Waals surface area (Å²) in [6.45, 7) is 13.4. The van der Waals surface area contributed by atoms with Gasteiger partial charge in [-0.05, 0) is 85.4 Å². The summed E-state index contributed by atoms with van der Waals surface area (Å²) >= 11 is 8.76. The lowest BCUT2D eigenvalue weighted by Gasteiger charge is -2.23. The van der Waals surface area contributed by atoms with Gasteiger partial charge in [0.25, 0.3) is 5.91 Å². The van der Waals surface area contributed by atoms with Crippen LogP contribution in [0.2, 0.25) is 0 Å². The van der Waals surface area contributed by atoms with Gasteiger partial charge in [-0.25, -0.2) is 0 Å². The van der Waals surface area contributed by atoms with E-state index in [-0.39, 0.29) is 5.91 Å². The van der Waals surface area contributed by atoms with Gasteiger partial charge >= 0.3 is 0 Å². The molecule has 0 atom stereocenters. The number of amides is 1. The number of halogens is 2. The molecule has 0 aliphatic heterocycles. The molecule has 0 unspecified atom stereocenters. The van der Waals surface area contributed by atoms with Crippen LogP contribution in [-0.2, 0) is 12.1 Å². The summed E-state index contributed by atoms with van der Waals surface area (Å²) in [7, 11) is 0. The molecule has 0 bridgehead atoms. The van der Waals surface area contributed by atoms with Crippen LogP contribution in [0.5, 0.6) is 0 Å². The SMILES string of the molecule is CC(C)=CCC/C(C)=C/CC/C(C)=C/CSCCn1cc(C(C)(C)NC(=O)c2cc(Br)cc(Br)c2)nn1. The van der Waals surface area contributed by atoms with E-state index in [4.69, 9.17) is 0 Å². The highest BCUT2D eigenvalue weighted by atomic mass is 79.9. The van der Waals surface area contributed by atoms with Gasteiger partial charge in [-0.1, -0.05) is 72.0 Å². The molecule has 0 saturated carbocycles. The Bertz CT molecular complexity index is 1110. The maximum absolute atomic E-state index is 12.8. The average Bonchev–Trinajstić information content (AvgIpc) is 3.28. The van der Waals surface area contributed by atoms with Crippen molar-refractivity contribution in [3.8, 4) is 0 Å². The highest BCUT2D eigenvalue weighted by Crippen LogP contribution is 2.23. The van der Waals surface area contributed by atoms with Crippen LogP contribution >= 0.6 is 43.6 Å². The van der Waals surface area contributed by atoms with Crippen molar-refractivity contribution in [1.82, 2.24) is 20.3 Å². The number of benzene rings is 1. The number of rotatable bonds is 14. The zero-order valence-electron chi connectivity index (χ0n) is 22.9. The van der Waals surface area contributed by atoms with Crippen LogP contribution in [0.4, 0.5) is 0 Å². The van der Waals surface area contributed by atoms with E-state index < -0.39 is 5.54 Å². The first-order chi connectivity index (χ1) is 17.5. The summed E-state index contributed by atoms with van der Waals surface area (Å²) in [5, 5.41) is 11.7. The molecule has 8 heteroatoms. The molecule has 0 radical (unpaired) electrons. The Morgan fingerprint density at radius 1 is 1.00 bits per heavy atom. The van der Waals surface area contributed by atoms with Gasteiger partial charge in [0.05, 0.1) is 18.3 Å². The zero-order chi connectivity index (χ0) is 27.4. The Balaban J connectivity index is 1.74. The van der Waals surface area contributed by atoms with Crippen LogP contribution in [-0.4, -0.2) is 32.4 Å². The first kappa shape index (κ1) is 31.6. The van der Waals surface area contributed by atoms with Gasteiger partial charge in [0.1, 0.15) is 5.69 Å². The van der Waals surface area contributed by atoms with E-state index in [0.717, 1.165) is 58.4 Å². The number of thioether (sulfide) groups is 1. The molecule has 2 aromatic rings. The van der Waals surface area contributed by atoms with E-state index in [1.165, 1.54) is 16.7 Å². The number of hydrogen-bond donors (Lipinski definition) is 1. The Morgan fingerprint density at radius 2 is 1.62 bits per heavy atom. The monoisotopic (exact) mass is 650 g/mol. The fourth-order valence-electron chi connectivity index (χ4n) is 3.58. The largest absolute Gasteiger partial charge is 0.341 e. The second-order valence-corrected chi connectivity index (χ2v) is 13.1. The Morgan fingerprint density at radius 3 is 2.27 bits per heavy atom. The summed E-state index contributed by atoms with van der Waals surface area (Å²) in [6, 6.07) is 5.49. The lowest BCUT2D eigenvalue weighted by molar-refractivity contribution is 0.0910. The van der Waals surface area contributed by atoms with Gasteiger partial charge in [0.15, 0.2) is 0 Å². The van der Waals surface area contributed by atoms with Crippen molar-refractivity contribution in [1.29, 1.82) is 0 Å². The predicted molar refractivity (Wildman–Crippen MR) is 165 cm³/mol. The van der Waals surface area contributed by atoms with Crippen LogP contribution in [0.25, 0.3) is 0 Å². The van der Waals surface area contributed by atoms with Crippen molar-refractivity contribution in [2.45, 2.75) is 79.3 Å². The molecule has 1 aromatic heterocycles. The normalized spacial score (nSPS) is 12.5. The molecule has 1 N–H and O–H groups in total. The number of nitrogens with zero attached hydrogens (tertiary/aromatic N) is 3. The number of hydrogen-bond acceptors (Lipinski definition) is 4. The highest BCUT2D eigenvalue weighted by molar-refractivity contribution is 9.11. The van der Waals surface area contributed by atoms with Crippen LogP contribution in [0.1, 0.15) is 83.3 Å². The topological polar surface area (TPSA) is 59.8 Å². The molecule has 202 valence electrons. The van der Waals surface area contributed by atoms with E-state index in [0.29, 0.717) is 5.56 Å². The number of carbonyl (C=O) groups excluding carboxylic acids is 1. The summed E-state index contributed by atoms with van der Waals surface area (Å²) in [5.41, 5.74) is 4.99. The zero-order valence-corrected chi connectivity index (χ0v) is 26.9. The summed E-state index contributed by atoms with van der Waals surface area (Å²) in [4.78, 5) is 12.8. The highest BCUT2D eigenvalue weighted by Gasteiger charge is 2.27. The van der Waals surface area contributed by atoms with Gasteiger partial charge in [-0.15, -0.1) is 5.10 Å². The second-order valence-electron chi connectivity index (χ2n) is 10.1. The van der Waals surface area contributed by atoms with Gasteiger partial charge < -0.3 is 5.32 Å². The number of carbonyl (C=O) groups is 1. The minimum Gasteiger partial charge on any atom is -0.341 e. The van der Waals surface area contributed by atoms with Crippen LogP contribution in [0.15, 0.2) is 68.3 Å². The van der Waals surface area contributed by atoms with Crippen LogP contribution in [0, 0.1) is 0 Å². The van der Waals surface area contributed by atoms with Crippen molar-refractivity contribution in [2.24, 2.45) is 0 Å². The molecule has 0 aliphatic rings. The molecule has 0 saturated heterocycles. The maximum Gasteiger partial charge on any atom is 0.252 e. The fraction of sp³-hybridized carbons (Fsp3) is 0.483. The van der Waals surface area contributed by atoms with Crippen molar-refractivity contribution in [3.05, 3.63) is 79.5 Å². The van der Waals surface area contributed by atoms with Gasteiger partial charge in [0, 0.05) is 26.0 Å². The molecule has 0 fully saturated rings. The molecule has 1 heterocycles. The third kappa shape index (κ3) is 12.2. The third-order valence-electron chi connectivity index (χ3n) is 5.87. The Hall–Kier alpha value is -1.64. The van der Waals surface area contributed by atoms with E-state index in [1.807, 2.05) is 42.6 Å². The molecule has 0 aliphatic carbocycles. The maximum atomic E-state index is 12.8. The van der Waals surface area contributed by atoms with Crippen LogP contribution < -0.4 is 5.32 Å². The van der Waals surface area contributed by atoms with Crippen molar-refractivity contribution in [3.63, 3.8) is 0 Å². The molecule has 1 amide bonds. The Kier molecular flexibility index (Phi) is 13.4. The number of nitrogens with one attached hydrogen (secondary N) is 1. The molecule has 37 heavy (non-hydrogen) atoms. The standard InChI is InChI=1S/C29H40Br2N4OS/c1-21(2)9-7-10-22(3)11-8-12-23(4)13-15-37-16-14-35-20-27(33-34-35)29(5,6)32-28(36)24-17-25(30)19-26(31)18-24/h9,11,13,17-20H,7-8,10,12,14-16H2,1-6H3,(H,32,36)/b22-11+,23-13+. The Labute approximate surface area is 243 Å². The van der Waals surface area contributed by atoms with E-state index >= 15 is 0 Å². The summed E-state index contributed by atoms with van der Waals surface area (Å²) in [6.07, 6.45) is 13.5. The number of aryl methyl sites for hydroxylation is 1. The third-order valence-corrected chi connectivity index (χ3v) is 7.66. The molecule has 5 nitrogen and oxygen atoms in total. The van der Waals surface area contributed by atoms with E-state index in [1.54, 1.807) is 12.1 Å². The summed E-state index contributed by atoms with van der Waals surface area (Å²) < 4.78 is 3.54. The number of aromatic nitrogens is 3. The minimum atomic E-state index is -0.643. The summed E-state index contributed by atoms with van der Waals surface area (Å²) in [5.74, 6) is 1.79. The average molecular weight is 653 g/mol. The molecular weight excluding hydrogens is 612 g/mol. The second kappa shape index (κ2) is 15.7. The predicted octanol–water partition coefficient (Wildman–Crippen LogP) is 8.62.